The quantitative estimate of drug-likeness (QED) is 0.328. The summed E-state index contributed by atoms with van der Waals surface area (Å²) in [5.74, 6) is 3.12. The molecule has 0 fully saturated rings. The SMILES string of the molecule is COc1cccc(CCC(=O)CC(Nc2cc(C)on2)c2ccc3cc(OC)ccc3c2)c1. The Hall–Kier alpha value is -3.80. The Morgan fingerprint density at radius 3 is 2.48 bits per heavy atom. The fourth-order valence-electron chi connectivity index (χ4n) is 3.89. The summed E-state index contributed by atoms with van der Waals surface area (Å²) in [7, 11) is 3.30. The number of ether oxygens (including phenoxy) is 2. The van der Waals surface area contributed by atoms with E-state index in [1.165, 1.54) is 0 Å². The Morgan fingerprint density at radius 2 is 1.73 bits per heavy atom. The van der Waals surface area contributed by atoms with Gasteiger partial charge in [-0.05, 0) is 65.6 Å². The molecule has 1 unspecified atom stereocenters. The van der Waals surface area contributed by atoms with Gasteiger partial charge in [0.15, 0.2) is 5.82 Å². The molecule has 33 heavy (non-hydrogen) atoms. The number of nitrogens with zero attached hydrogens (tertiary/aromatic N) is 1. The molecular weight excluding hydrogens is 416 g/mol. The average Bonchev–Trinajstić information content (AvgIpc) is 3.26. The summed E-state index contributed by atoms with van der Waals surface area (Å²) < 4.78 is 15.8. The van der Waals surface area contributed by atoms with E-state index in [1.807, 2.05) is 61.5 Å². The van der Waals surface area contributed by atoms with Crippen LogP contribution in [0.4, 0.5) is 5.82 Å². The highest BCUT2D eigenvalue weighted by Crippen LogP contribution is 2.29. The van der Waals surface area contributed by atoms with Crippen molar-refractivity contribution in [1.29, 1.82) is 0 Å². The first-order chi connectivity index (χ1) is 16.0. The lowest BCUT2D eigenvalue weighted by Crippen LogP contribution is -2.16. The van der Waals surface area contributed by atoms with E-state index in [0.29, 0.717) is 30.8 Å². The van der Waals surface area contributed by atoms with Crippen molar-refractivity contribution in [3.63, 3.8) is 0 Å². The molecular formula is C27H28N2O4. The predicted octanol–water partition coefficient (Wildman–Crippen LogP) is 5.90. The molecule has 1 aromatic heterocycles. The van der Waals surface area contributed by atoms with Gasteiger partial charge in [-0.25, -0.2) is 0 Å². The Labute approximate surface area is 193 Å². The highest BCUT2D eigenvalue weighted by Gasteiger charge is 2.18. The Bertz CT molecular complexity index is 1250. The normalized spacial score (nSPS) is 11.8. The lowest BCUT2D eigenvalue weighted by molar-refractivity contribution is -0.119. The summed E-state index contributed by atoms with van der Waals surface area (Å²) in [5.41, 5.74) is 2.10. The molecule has 4 rings (SSSR count). The Morgan fingerprint density at radius 1 is 0.970 bits per heavy atom. The molecule has 0 radical (unpaired) electrons. The molecule has 4 aromatic rings. The second-order valence-corrected chi connectivity index (χ2v) is 8.09. The maximum atomic E-state index is 13.0. The summed E-state index contributed by atoms with van der Waals surface area (Å²) in [6, 6.07) is 21.6. The third-order valence-corrected chi connectivity index (χ3v) is 5.68. The first kappa shape index (κ1) is 22.4. The number of aromatic nitrogens is 1. The minimum absolute atomic E-state index is 0.172. The van der Waals surface area contributed by atoms with Gasteiger partial charge in [-0.1, -0.05) is 35.5 Å². The molecule has 0 saturated carbocycles. The van der Waals surface area contributed by atoms with Gasteiger partial charge in [-0.2, -0.15) is 0 Å². The van der Waals surface area contributed by atoms with Crippen molar-refractivity contribution in [3.05, 3.63) is 83.6 Å². The summed E-state index contributed by atoms with van der Waals surface area (Å²) in [5, 5.41) is 9.60. The van der Waals surface area contributed by atoms with Crippen molar-refractivity contribution >= 4 is 22.4 Å². The zero-order valence-electron chi connectivity index (χ0n) is 19.1. The first-order valence-corrected chi connectivity index (χ1v) is 11.0. The van der Waals surface area contributed by atoms with Gasteiger partial charge in [0.25, 0.3) is 0 Å². The van der Waals surface area contributed by atoms with Gasteiger partial charge in [0.2, 0.25) is 0 Å². The Balaban J connectivity index is 1.52. The van der Waals surface area contributed by atoms with E-state index in [0.717, 1.165) is 33.4 Å². The molecule has 0 aliphatic rings. The van der Waals surface area contributed by atoms with Crippen LogP contribution in [0, 0.1) is 6.92 Å². The number of hydrogen-bond acceptors (Lipinski definition) is 6. The maximum absolute atomic E-state index is 13.0. The molecule has 0 bridgehead atoms. The number of rotatable bonds is 10. The van der Waals surface area contributed by atoms with Crippen LogP contribution >= 0.6 is 0 Å². The van der Waals surface area contributed by atoms with Crippen LogP contribution in [-0.2, 0) is 11.2 Å². The standard InChI is InChI=1S/C27H28N2O4/c1-18-13-27(29-33-18)28-26(17-23(30)11-7-19-5-4-6-24(14-19)31-2)22-9-8-21-16-25(32-3)12-10-20(21)15-22/h4-6,8-10,12-16,26H,7,11,17H2,1-3H3,(H,28,29). The summed E-state index contributed by atoms with van der Waals surface area (Å²) >= 11 is 0. The fourth-order valence-corrected chi connectivity index (χ4v) is 3.89. The van der Waals surface area contributed by atoms with E-state index < -0.39 is 0 Å². The number of carbonyl (C=O) groups is 1. The number of carbonyl (C=O) groups excluding carboxylic acids is 1. The Kier molecular flexibility index (Phi) is 6.93. The smallest absolute Gasteiger partial charge is 0.170 e. The van der Waals surface area contributed by atoms with Gasteiger partial charge < -0.3 is 19.3 Å². The highest BCUT2D eigenvalue weighted by atomic mass is 16.5. The molecule has 3 aromatic carbocycles. The summed E-state index contributed by atoms with van der Waals surface area (Å²) in [6.07, 6.45) is 1.47. The number of ketones is 1. The van der Waals surface area contributed by atoms with E-state index in [4.69, 9.17) is 14.0 Å². The largest absolute Gasteiger partial charge is 0.497 e. The van der Waals surface area contributed by atoms with E-state index in [9.17, 15) is 4.79 Å². The number of anilines is 1. The second-order valence-electron chi connectivity index (χ2n) is 8.09. The lowest BCUT2D eigenvalue weighted by atomic mass is 9.96. The number of aryl methyl sites for hydroxylation is 2. The number of benzene rings is 3. The van der Waals surface area contributed by atoms with Crippen molar-refractivity contribution in [3.8, 4) is 11.5 Å². The van der Waals surface area contributed by atoms with Crippen LogP contribution < -0.4 is 14.8 Å². The summed E-state index contributed by atoms with van der Waals surface area (Å²) in [4.78, 5) is 13.0. The number of hydrogen-bond donors (Lipinski definition) is 1. The third-order valence-electron chi connectivity index (χ3n) is 5.68. The molecule has 170 valence electrons. The predicted molar refractivity (Wildman–Crippen MR) is 129 cm³/mol. The zero-order chi connectivity index (χ0) is 23.2. The topological polar surface area (TPSA) is 73.6 Å². The van der Waals surface area contributed by atoms with Gasteiger partial charge >= 0.3 is 0 Å². The third kappa shape index (κ3) is 5.71. The minimum atomic E-state index is -0.223. The van der Waals surface area contributed by atoms with Crippen LogP contribution in [0.5, 0.6) is 11.5 Å². The number of Topliss-reactive ketones (excluding diaryl/α,β-unsaturated/α-hetero) is 1. The molecule has 0 amide bonds. The molecule has 0 aliphatic carbocycles. The van der Waals surface area contributed by atoms with Crippen LogP contribution in [0.15, 0.2) is 71.3 Å². The van der Waals surface area contributed by atoms with Gasteiger partial charge in [0, 0.05) is 18.9 Å². The van der Waals surface area contributed by atoms with Crippen LogP contribution in [-0.4, -0.2) is 25.2 Å². The zero-order valence-corrected chi connectivity index (χ0v) is 19.1. The van der Waals surface area contributed by atoms with Crippen molar-refractivity contribution in [2.24, 2.45) is 0 Å². The van der Waals surface area contributed by atoms with Gasteiger partial charge in [-0.3, -0.25) is 4.79 Å². The van der Waals surface area contributed by atoms with Crippen molar-refractivity contribution < 1.29 is 18.8 Å². The summed E-state index contributed by atoms with van der Waals surface area (Å²) in [6.45, 7) is 1.84. The van der Waals surface area contributed by atoms with E-state index >= 15 is 0 Å². The van der Waals surface area contributed by atoms with Crippen LogP contribution in [0.1, 0.15) is 35.8 Å². The number of fused-ring (bicyclic) bond motifs is 1. The molecule has 0 spiro atoms. The molecule has 6 nitrogen and oxygen atoms in total. The first-order valence-electron chi connectivity index (χ1n) is 11.0. The van der Waals surface area contributed by atoms with E-state index in [1.54, 1.807) is 14.2 Å². The average molecular weight is 445 g/mol. The van der Waals surface area contributed by atoms with Gasteiger partial charge in [-0.15, -0.1) is 0 Å². The van der Waals surface area contributed by atoms with Crippen molar-refractivity contribution in [2.75, 3.05) is 19.5 Å². The molecule has 0 saturated heterocycles. The van der Waals surface area contributed by atoms with Crippen LogP contribution in [0.25, 0.3) is 10.8 Å². The van der Waals surface area contributed by atoms with Crippen LogP contribution in [0.2, 0.25) is 0 Å². The van der Waals surface area contributed by atoms with E-state index in [2.05, 4.69) is 22.6 Å². The molecule has 6 heteroatoms. The number of nitrogens with one attached hydrogen (secondary N) is 1. The van der Waals surface area contributed by atoms with Crippen molar-refractivity contribution in [2.45, 2.75) is 32.2 Å². The van der Waals surface area contributed by atoms with Gasteiger partial charge in [0.05, 0.1) is 20.3 Å². The fraction of sp³-hybridized carbons (Fsp3) is 0.259. The monoisotopic (exact) mass is 444 g/mol. The van der Waals surface area contributed by atoms with Crippen molar-refractivity contribution in [1.82, 2.24) is 5.16 Å². The second kappa shape index (κ2) is 10.2. The molecule has 0 aliphatic heterocycles. The highest BCUT2D eigenvalue weighted by molar-refractivity contribution is 5.85. The lowest BCUT2D eigenvalue weighted by Gasteiger charge is -2.19. The number of methoxy groups -OCH3 is 2. The molecule has 1 heterocycles. The maximum Gasteiger partial charge on any atom is 0.170 e. The van der Waals surface area contributed by atoms with E-state index in [-0.39, 0.29) is 11.8 Å². The van der Waals surface area contributed by atoms with Gasteiger partial charge in [0.1, 0.15) is 23.0 Å². The minimum Gasteiger partial charge on any atom is -0.497 e. The molecule has 1 atom stereocenters. The molecule has 1 N–H and O–H groups in total. The van der Waals surface area contributed by atoms with Crippen LogP contribution in [0.3, 0.4) is 0 Å².